The number of amides is 1. The van der Waals surface area contributed by atoms with Crippen molar-refractivity contribution in [2.45, 2.75) is 38.1 Å². The zero-order valence-electron chi connectivity index (χ0n) is 8.45. The van der Waals surface area contributed by atoms with Crippen molar-refractivity contribution >= 4 is 18.3 Å². The predicted molar refractivity (Wildman–Crippen MR) is 58.4 cm³/mol. The van der Waals surface area contributed by atoms with Crippen molar-refractivity contribution in [1.29, 1.82) is 0 Å². The van der Waals surface area contributed by atoms with Crippen molar-refractivity contribution in [2.24, 2.45) is 11.7 Å². The Labute approximate surface area is 91.4 Å². The van der Waals surface area contributed by atoms with Gasteiger partial charge in [0.2, 0.25) is 5.91 Å². The van der Waals surface area contributed by atoms with Crippen LogP contribution in [0.25, 0.3) is 0 Å². The summed E-state index contributed by atoms with van der Waals surface area (Å²) in [7, 11) is 0. The fraction of sp³-hybridized carbons (Fsp3) is 0.900. The van der Waals surface area contributed by atoms with Crippen molar-refractivity contribution < 1.29 is 4.79 Å². The number of likely N-dealkylation sites (tertiary alicyclic amines) is 1. The highest BCUT2D eigenvalue weighted by molar-refractivity contribution is 5.85. The summed E-state index contributed by atoms with van der Waals surface area (Å²) in [5, 5.41) is 0. The molecule has 0 aromatic carbocycles. The molecule has 2 rings (SSSR count). The molecular formula is C10H19ClN2O. The van der Waals surface area contributed by atoms with Crippen LogP contribution in [0.5, 0.6) is 0 Å². The summed E-state index contributed by atoms with van der Waals surface area (Å²) in [4.78, 5) is 13.8. The van der Waals surface area contributed by atoms with Crippen LogP contribution in [-0.2, 0) is 4.79 Å². The average molecular weight is 219 g/mol. The van der Waals surface area contributed by atoms with E-state index < -0.39 is 0 Å². The molecule has 1 amide bonds. The van der Waals surface area contributed by atoms with Crippen molar-refractivity contribution in [3.63, 3.8) is 0 Å². The predicted octanol–water partition coefficient (Wildman–Crippen LogP) is 1.16. The van der Waals surface area contributed by atoms with E-state index in [0.29, 0.717) is 11.8 Å². The summed E-state index contributed by atoms with van der Waals surface area (Å²) in [6.45, 7) is 1.67. The van der Waals surface area contributed by atoms with Crippen LogP contribution in [0.4, 0.5) is 0 Å². The first kappa shape index (κ1) is 11.8. The van der Waals surface area contributed by atoms with Gasteiger partial charge in [-0.05, 0) is 19.3 Å². The third-order valence-electron chi connectivity index (χ3n) is 3.24. The molecule has 0 aromatic rings. The van der Waals surface area contributed by atoms with Crippen LogP contribution in [0.3, 0.4) is 0 Å². The summed E-state index contributed by atoms with van der Waals surface area (Å²) < 4.78 is 0. The topological polar surface area (TPSA) is 46.3 Å². The molecule has 1 aliphatic carbocycles. The number of hydrogen-bond donors (Lipinski definition) is 1. The first-order valence-corrected chi connectivity index (χ1v) is 5.32. The minimum atomic E-state index is 0. The molecule has 0 bridgehead atoms. The Bertz CT molecular complexity index is 204. The summed E-state index contributed by atoms with van der Waals surface area (Å²) in [6.07, 6.45) is 5.65. The van der Waals surface area contributed by atoms with Gasteiger partial charge in [0.15, 0.2) is 0 Å². The highest BCUT2D eigenvalue weighted by Gasteiger charge is 2.30. The van der Waals surface area contributed by atoms with E-state index in [0.717, 1.165) is 32.4 Å². The Morgan fingerprint density at radius 3 is 2.36 bits per heavy atom. The third kappa shape index (κ3) is 2.39. The molecule has 1 heterocycles. The Kier molecular flexibility index (Phi) is 4.20. The van der Waals surface area contributed by atoms with Crippen molar-refractivity contribution in [3.8, 4) is 0 Å². The number of halogens is 1. The lowest BCUT2D eigenvalue weighted by Crippen LogP contribution is -2.35. The van der Waals surface area contributed by atoms with Gasteiger partial charge >= 0.3 is 0 Å². The molecule has 82 valence electrons. The number of nitrogens with two attached hydrogens (primary N) is 1. The van der Waals surface area contributed by atoms with Gasteiger partial charge in [0.05, 0.1) is 0 Å². The normalized spacial score (nSPS) is 27.8. The zero-order chi connectivity index (χ0) is 9.26. The van der Waals surface area contributed by atoms with Crippen molar-refractivity contribution in [1.82, 2.24) is 4.90 Å². The van der Waals surface area contributed by atoms with E-state index in [1.54, 1.807) is 0 Å². The molecule has 0 radical (unpaired) electrons. The van der Waals surface area contributed by atoms with Crippen molar-refractivity contribution in [2.75, 3.05) is 13.1 Å². The summed E-state index contributed by atoms with van der Waals surface area (Å²) in [6, 6.07) is 0.227. The molecule has 4 heteroatoms. The van der Waals surface area contributed by atoms with Crippen molar-refractivity contribution in [3.05, 3.63) is 0 Å². The second-order valence-corrected chi connectivity index (χ2v) is 4.31. The van der Waals surface area contributed by atoms with Crippen LogP contribution in [-0.4, -0.2) is 29.9 Å². The standard InChI is InChI=1S/C10H18N2O.ClH/c11-9-5-6-12(7-9)10(13)8-3-1-2-4-8;/h8-9H,1-7,11H2;1H. The monoisotopic (exact) mass is 218 g/mol. The van der Waals surface area contributed by atoms with Gasteiger partial charge in [-0.2, -0.15) is 0 Å². The molecule has 2 N–H and O–H groups in total. The number of hydrogen-bond acceptors (Lipinski definition) is 2. The van der Waals surface area contributed by atoms with Crippen LogP contribution in [0.2, 0.25) is 0 Å². The van der Waals surface area contributed by atoms with Crippen LogP contribution in [0.1, 0.15) is 32.1 Å². The third-order valence-corrected chi connectivity index (χ3v) is 3.24. The van der Waals surface area contributed by atoms with Gasteiger partial charge in [0.25, 0.3) is 0 Å². The van der Waals surface area contributed by atoms with Gasteiger partial charge in [0, 0.05) is 25.0 Å². The van der Waals surface area contributed by atoms with Crippen LogP contribution in [0, 0.1) is 5.92 Å². The summed E-state index contributed by atoms with van der Waals surface area (Å²) in [5.41, 5.74) is 5.77. The Balaban J connectivity index is 0.000000980. The van der Waals surface area contributed by atoms with Gasteiger partial charge < -0.3 is 10.6 Å². The van der Waals surface area contributed by atoms with Crippen LogP contribution >= 0.6 is 12.4 Å². The SMILES string of the molecule is Cl.NC1CCN(C(=O)C2CCCC2)C1. The first-order chi connectivity index (χ1) is 6.27. The van der Waals surface area contributed by atoms with E-state index >= 15 is 0 Å². The van der Waals surface area contributed by atoms with E-state index in [9.17, 15) is 4.79 Å². The Morgan fingerprint density at radius 2 is 1.86 bits per heavy atom. The maximum absolute atomic E-state index is 11.9. The summed E-state index contributed by atoms with van der Waals surface area (Å²) >= 11 is 0. The second-order valence-electron chi connectivity index (χ2n) is 4.31. The maximum atomic E-state index is 11.9. The van der Waals surface area contributed by atoms with Gasteiger partial charge in [-0.25, -0.2) is 0 Å². The fourth-order valence-electron chi connectivity index (χ4n) is 2.42. The molecule has 1 atom stereocenters. The number of carbonyl (C=O) groups is 1. The Morgan fingerprint density at radius 1 is 1.21 bits per heavy atom. The lowest BCUT2D eigenvalue weighted by Gasteiger charge is -2.19. The number of carbonyl (C=O) groups excluding carboxylic acids is 1. The Hall–Kier alpha value is -0.280. The maximum Gasteiger partial charge on any atom is 0.225 e. The lowest BCUT2D eigenvalue weighted by atomic mass is 10.1. The van der Waals surface area contributed by atoms with Gasteiger partial charge in [0.1, 0.15) is 0 Å². The molecule has 1 saturated carbocycles. The minimum Gasteiger partial charge on any atom is -0.341 e. The number of rotatable bonds is 1. The number of nitrogens with zero attached hydrogens (tertiary/aromatic N) is 1. The molecule has 0 spiro atoms. The van der Waals surface area contributed by atoms with Crippen LogP contribution < -0.4 is 5.73 Å². The highest BCUT2D eigenvalue weighted by Crippen LogP contribution is 2.27. The van der Waals surface area contributed by atoms with Gasteiger partial charge in [-0.3, -0.25) is 4.79 Å². The first-order valence-electron chi connectivity index (χ1n) is 5.32. The molecule has 14 heavy (non-hydrogen) atoms. The van der Waals surface area contributed by atoms with E-state index in [1.807, 2.05) is 4.90 Å². The molecule has 3 nitrogen and oxygen atoms in total. The van der Waals surface area contributed by atoms with E-state index in [-0.39, 0.29) is 18.4 Å². The van der Waals surface area contributed by atoms with E-state index in [4.69, 9.17) is 5.73 Å². The largest absolute Gasteiger partial charge is 0.341 e. The fourth-order valence-corrected chi connectivity index (χ4v) is 2.42. The summed E-state index contributed by atoms with van der Waals surface area (Å²) in [5.74, 6) is 0.691. The van der Waals surface area contributed by atoms with Gasteiger partial charge in [-0.15, -0.1) is 12.4 Å². The molecule has 0 aromatic heterocycles. The zero-order valence-corrected chi connectivity index (χ0v) is 9.26. The minimum absolute atomic E-state index is 0. The smallest absolute Gasteiger partial charge is 0.225 e. The second kappa shape index (κ2) is 4.99. The molecule has 2 fully saturated rings. The van der Waals surface area contributed by atoms with E-state index in [2.05, 4.69) is 0 Å². The molecule has 2 aliphatic rings. The molecule has 1 aliphatic heterocycles. The quantitative estimate of drug-likeness (QED) is 0.718. The average Bonchev–Trinajstić information content (AvgIpc) is 2.72. The molecule has 1 unspecified atom stereocenters. The molecule has 1 saturated heterocycles. The highest BCUT2D eigenvalue weighted by atomic mass is 35.5. The van der Waals surface area contributed by atoms with E-state index in [1.165, 1.54) is 12.8 Å². The molecular weight excluding hydrogens is 200 g/mol. The van der Waals surface area contributed by atoms with Crippen LogP contribution in [0.15, 0.2) is 0 Å². The van der Waals surface area contributed by atoms with Gasteiger partial charge in [-0.1, -0.05) is 12.8 Å². The lowest BCUT2D eigenvalue weighted by molar-refractivity contribution is -0.134.